The first-order valence-electron chi connectivity index (χ1n) is 9.05. The number of morpholine rings is 1. The van der Waals surface area contributed by atoms with Crippen molar-refractivity contribution in [2.45, 2.75) is 6.42 Å². The van der Waals surface area contributed by atoms with Gasteiger partial charge in [-0.25, -0.2) is 4.98 Å². The van der Waals surface area contributed by atoms with Crippen molar-refractivity contribution in [3.63, 3.8) is 0 Å². The second-order valence-corrected chi connectivity index (χ2v) is 7.52. The van der Waals surface area contributed by atoms with Crippen LogP contribution in [0.25, 0.3) is 21.3 Å². The zero-order valence-corrected chi connectivity index (χ0v) is 15.6. The maximum atomic E-state index is 5.92. The van der Waals surface area contributed by atoms with Gasteiger partial charge in [-0.3, -0.25) is 4.90 Å². The van der Waals surface area contributed by atoms with E-state index >= 15 is 0 Å². The van der Waals surface area contributed by atoms with E-state index in [4.69, 9.17) is 13.9 Å². The summed E-state index contributed by atoms with van der Waals surface area (Å²) in [6.07, 6.45) is 4.56. The minimum atomic E-state index is 0.585. The molecule has 4 aromatic rings. The Labute approximate surface area is 160 Å². The van der Waals surface area contributed by atoms with Gasteiger partial charge in [0.25, 0.3) is 5.19 Å². The van der Waals surface area contributed by atoms with E-state index in [-0.39, 0.29) is 0 Å². The van der Waals surface area contributed by atoms with Crippen LogP contribution < -0.4 is 4.74 Å². The Balaban J connectivity index is 1.31. The molecule has 7 heteroatoms. The molecule has 0 spiro atoms. The van der Waals surface area contributed by atoms with E-state index in [1.54, 1.807) is 6.20 Å². The van der Waals surface area contributed by atoms with Crippen LogP contribution in [0.2, 0.25) is 0 Å². The molecule has 0 radical (unpaired) electrons. The zero-order valence-electron chi connectivity index (χ0n) is 14.8. The normalized spacial score (nSPS) is 15.6. The third-order valence-corrected chi connectivity index (χ3v) is 5.67. The van der Waals surface area contributed by atoms with Gasteiger partial charge in [0.1, 0.15) is 11.3 Å². The Kier molecular flexibility index (Phi) is 4.49. The molecule has 4 heterocycles. The average Bonchev–Trinajstić information content (AvgIpc) is 3.30. The summed E-state index contributed by atoms with van der Waals surface area (Å²) in [5.74, 6) is 0.718. The molecule has 27 heavy (non-hydrogen) atoms. The quantitative estimate of drug-likeness (QED) is 0.519. The maximum Gasteiger partial charge on any atom is 0.281 e. The smallest absolute Gasteiger partial charge is 0.281 e. The Morgan fingerprint density at radius 1 is 1.19 bits per heavy atom. The summed E-state index contributed by atoms with van der Waals surface area (Å²) in [5.41, 5.74) is 2.78. The number of pyridine rings is 1. The Morgan fingerprint density at radius 2 is 2.11 bits per heavy atom. The van der Waals surface area contributed by atoms with Gasteiger partial charge in [0, 0.05) is 37.3 Å². The van der Waals surface area contributed by atoms with Crippen molar-refractivity contribution in [2.24, 2.45) is 0 Å². The SMILES string of the molecule is c1cnc2nc(Oc3ccc4c(CCN5CCOCC5)coc4c3)sc2c1. The Morgan fingerprint density at radius 3 is 3.00 bits per heavy atom. The lowest BCUT2D eigenvalue weighted by Gasteiger charge is -2.26. The molecule has 3 aromatic heterocycles. The van der Waals surface area contributed by atoms with E-state index in [0.29, 0.717) is 10.8 Å². The van der Waals surface area contributed by atoms with Crippen LogP contribution >= 0.6 is 11.3 Å². The van der Waals surface area contributed by atoms with Crippen LogP contribution in [0.4, 0.5) is 0 Å². The van der Waals surface area contributed by atoms with Gasteiger partial charge in [-0.05, 0) is 36.2 Å². The number of nitrogens with zero attached hydrogens (tertiary/aromatic N) is 3. The molecule has 0 atom stereocenters. The summed E-state index contributed by atoms with van der Waals surface area (Å²) >= 11 is 1.48. The fourth-order valence-electron chi connectivity index (χ4n) is 3.32. The fraction of sp³-hybridized carbons (Fsp3) is 0.300. The second kappa shape index (κ2) is 7.26. The highest BCUT2D eigenvalue weighted by Crippen LogP contribution is 2.32. The molecule has 1 aliphatic rings. The average molecular weight is 381 g/mol. The van der Waals surface area contributed by atoms with Gasteiger partial charge in [0.05, 0.1) is 24.2 Å². The first-order valence-corrected chi connectivity index (χ1v) is 9.86. The van der Waals surface area contributed by atoms with Crippen LogP contribution in [-0.2, 0) is 11.2 Å². The Bertz CT molecular complexity index is 1040. The van der Waals surface area contributed by atoms with E-state index in [2.05, 4.69) is 20.9 Å². The number of thiazole rings is 1. The Hall–Kier alpha value is -2.48. The summed E-state index contributed by atoms with van der Waals surface area (Å²) in [6.45, 7) is 4.69. The van der Waals surface area contributed by atoms with E-state index < -0.39 is 0 Å². The highest BCUT2D eigenvalue weighted by Gasteiger charge is 2.13. The fourth-order valence-corrected chi connectivity index (χ4v) is 4.11. The molecule has 0 bridgehead atoms. The minimum Gasteiger partial charge on any atom is -0.464 e. The highest BCUT2D eigenvalue weighted by molar-refractivity contribution is 7.20. The summed E-state index contributed by atoms with van der Waals surface area (Å²) < 4.78 is 18.1. The van der Waals surface area contributed by atoms with Crippen LogP contribution in [0.1, 0.15) is 5.56 Å². The lowest BCUT2D eigenvalue weighted by molar-refractivity contribution is 0.0384. The number of hydrogen-bond donors (Lipinski definition) is 0. The van der Waals surface area contributed by atoms with E-state index in [1.165, 1.54) is 16.9 Å². The largest absolute Gasteiger partial charge is 0.464 e. The van der Waals surface area contributed by atoms with Crippen molar-refractivity contribution in [3.8, 4) is 10.9 Å². The predicted octanol–water partition coefficient (Wildman–Crippen LogP) is 4.10. The third-order valence-electron chi connectivity index (χ3n) is 4.78. The lowest BCUT2D eigenvalue weighted by atomic mass is 10.1. The number of furan rings is 1. The van der Waals surface area contributed by atoms with Crippen molar-refractivity contribution in [3.05, 3.63) is 48.4 Å². The van der Waals surface area contributed by atoms with E-state index in [0.717, 1.165) is 60.7 Å². The first kappa shape index (κ1) is 16.7. The molecular weight excluding hydrogens is 362 g/mol. The lowest BCUT2D eigenvalue weighted by Crippen LogP contribution is -2.37. The summed E-state index contributed by atoms with van der Waals surface area (Å²) in [6, 6.07) is 9.85. The van der Waals surface area contributed by atoms with Crippen molar-refractivity contribution >= 4 is 32.7 Å². The molecule has 5 rings (SSSR count). The molecule has 0 saturated carbocycles. The number of hydrogen-bond acceptors (Lipinski definition) is 7. The second-order valence-electron chi connectivity index (χ2n) is 6.53. The van der Waals surface area contributed by atoms with Gasteiger partial charge < -0.3 is 13.9 Å². The predicted molar refractivity (Wildman–Crippen MR) is 105 cm³/mol. The van der Waals surface area contributed by atoms with Crippen molar-refractivity contribution in [1.29, 1.82) is 0 Å². The molecule has 0 unspecified atom stereocenters. The molecular formula is C20H19N3O3S. The molecule has 0 N–H and O–H groups in total. The standard InChI is InChI=1S/C20H19N3O3S/c1-2-18-19(21-6-1)22-20(27-18)26-15-3-4-16-14(13-25-17(16)12-15)5-7-23-8-10-24-11-9-23/h1-4,6,12-13H,5,7-11H2. The molecule has 0 amide bonds. The van der Waals surface area contributed by atoms with E-state index in [1.807, 2.05) is 30.5 Å². The van der Waals surface area contributed by atoms with Crippen LogP contribution in [0.5, 0.6) is 10.9 Å². The molecule has 1 aliphatic heterocycles. The summed E-state index contributed by atoms with van der Waals surface area (Å²) in [5, 5.41) is 1.73. The number of benzene rings is 1. The van der Waals surface area contributed by atoms with E-state index in [9.17, 15) is 0 Å². The van der Waals surface area contributed by atoms with Crippen LogP contribution in [0, 0.1) is 0 Å². The van der Waals surface area contributed by atoms with Crippen LogP contribution in [0.15, 0.2) is 47.2 Å². The van der Waals surface area contributed by atoms with Crippen LogP contribution in [-0.4, -0.2) is 47.7 Å². The molecule has 1 aromatic carbocycles. The first-order chi connectivity index (χ1) is 13.3. The molecule has 1 saturated heterocycles. The molecule has 138 valence electrons. The minimum absolute atomic E-state index is 0.585. The maximum absolute atomic E-state index is 5.92. The molecule has 6 nitrogen and oxygen atoms in total. The van der Waals surface area contributed by atoms with Gasteiger partial charge in [0.2, 0.25) is 0 Å². The molecule has 0 aliphatic carbocycles. The molecule has 1 fully saturated rings. The van der Waals surface area contributed by atoms with Gasteiger partial charge >= 0.3 is 0 Å². The van der Waals surface area contributed by atoms with Gasteiger partial charge in [-0.2, -0.15) is 4.98 Å². The highest BCUT2D eigenvalue weighted by atomic mass is 32.1. The zero-order chi connectivity index (χ0) is 18.1. The van der Waals surface area contributed by atoms with Crippen molar-refractivity contribution < 1.29 is 13.9 Å². The summed E-state index contributed by atoms with van der Waals surface area (Å²) in [7, 11) is 0. The van der Waals surface area contributed by atoms with Crippen LogP contribution in [0.3, 0.4) is 0 Å². The third kappa shape index (κ3) is 3.53. The van der Waals surface area contributed by atoms with Crippen molar-refractivity contribution in [2.75, 3.05) is 32.8 Å². The van der Waals surface area contributed by atoms with Gasteiger partial charge in [0.15, 0.2) is 5.65 Å². The van der Waals surface area contributed by atoms with Crippen molar-refractivity contribution in [1.82, 2.24) is 14.9 Å². The topological polar surface area (TPSA) is 60.6 Å². The summed E-state index contributed by atoms with van der Waals surface area (Å²) in [4.78, 5) is 11.1. The van der Waals surface area contributed by atoms with Gasteiger partial charge in [-0.1, -0.05) is 11.3 Å². The number of fused-ring (bicyclic) bond motifs is 2. The monoisotopic (exact) mass is 381 g/mol. The number of aromatic nitrogens is 2. The number of rotatable bonds is 5. The number of ether oxygens (including phenoxy) is 2. The van der Waals surface area contributed by atoms with Gasteiger partial charge in [-0.15, -0.1) is 0 Å².